The van der Waals surface area contributed by atoms with Crippen molar-refractivity contribution >= 4 is 39.4 Å². The summed E-state index contributed by atoms with van der Waals surface area (Å²) in [5.74, 6) is 0.555. The Bertz CT molecular complexity index is 1200. The van der Waals surface area contributed by atoms with Gasteiger partial charge in [0, 0.05) is 63.7 Å². The van der Waals surface area contributed by atoms with Gasteiger partial charge in [0.15, 0.2) is 5.13 Å². The average Bonchev–Trinajstić information content (AvgIpc) is 3.48. The molecule has 3 heterocycles. The number of anilines is 3. The van der Waals surface area contributed by atoms with E-state index in [0.717, 1.165) is 22.9 Å². The predicted molar refractivity (Wildman–Crippen MR) is 141 cm³/mol. The first-order chi connectivity index (χ1) is 16.3. The number of ether oxygens (including phenoxy) is 1. The van der Waals surface area contributed by atoms with E-state index in [4.69, 9.17) is 21.3 Å². The van der Waals surface area contributed by atoms with Gasteiger partial charge in [0.25, 0.3) is 5.56 Å². The van der Waals surface area contributed by atoms with E-state index in [2.05, 4.69) is 15.2 Å². The normalized spacial score (nSPS) is 17.9. The Morgan fingerprint density at radius 2 is 2.09 bits per heavy atom. The fraction of sp³-hybridized carbons (Fsp3) is 0.458. The van der Waals surface area contributed by atoms with Gasteiger partial charge in [-0.1, -0.05) is 18.5 Å². The van der Waals surface area contributed by atoms with Gasteiger partial charge in [-0.15, -0.1) is 11.3 Å². The molecule has 1 aliphatic heterocycles. The molecule has 0 bridgehead atoms. The molecule has 1 aromatic carbocycles. The molecule has 0 amide bonds. The van der Waals surface area contributed by atoms with Crippen molar-refractivity contribution in [2.24, 2.45) is 7.05 Å². The summed E-state index contributed by atoms with van der Waals surface area (Å²) in [6.45, 7) is 6.02. The molecule has 8 nitrogen and oxygen atoms in total. The molecule has 0 aliphatic carbocycles. The van der Waals surface area contributed by atoms with Crippen LogP contribution in [-0.2, 0) is 18.2 Å². The van der Waals surface area contributed by atoms with Gasteiger partial charge in [0.05, 0.1) is 22.9 Å². The minimum atomic E-state index is -0.127. The summed E-state index contributed by atoms with van der Waals surface area (Å²) < 4.78 is 7.59. The van der Waals surface area contributed by atoms with E-state index in [1.54, 1.807) is 29.1 Å². The van der Waals surface area contributed by atoms with Crippen molar-refractivity contribution in [3.8, 4) is 11.4 Å². The van der Waals surface area contributed by atoms with E-state index in [1.807, 2.05) is 56.4 Å². The van der Waals surface area contributed by atoms with Crippen LogP contribution in [0.25, 0.3) is 11.4 Å². The topological polar surface area (TPSA) is 75.5 Å². The number of aryl methyl sites for hydroxylation is 1. The number of halogens is 1. The smallest absolute Gasteiger partial charge is 0.277 e. The lowest BCUT2D eigenvalue weighted by Gasteiger charge is -2.23. The summed E-state index contributed by atoms with van der Waals surface area (Å²) in [5, 5.41) is 6.97. The van der Waals surface area contributed by atoms with Crippen molar-refractivity contribution in [3.05, 3.63) is 50.8 Å². The maximum absolute atomic E-state index is 13.5. The highest BCUT2D eigenvalue weighted by atomic mass is 35.5. The number of thiazole rings is 1. The van der Waals surface area contributed by atoms with Crippen LogP contribution in [0.15, 0.2) is 34.6 Å². The number of nitrogens with one attached hydrogen (secondary N) is 1. The molecule has 1 unspecified atom stereocenters. The highest BCUT2D eigenvalue weighted by Crippen LogP contribution is 2.31. The molecule has 0 radical (unpaired) electrons. The third kappa shape index (κ3) is 4.78. The summed E-state index contributed by atoms with van der Waals surface area (Å²) in [7, 11) is 5.66. The summed E-state index contributed by atoms with van der Waals surface area (Å²) in [4.78, 5) is 27.0. The lowest BCUT2D eigenvalue weighted by Crippen LogP contribution is -2.38. The minimum Gasteiger partial charge on any atom is -0.378 e. The lowest BCUT2D eigenvalue weighted by molar-refractivity contribution is 0.0720. The second-order valence-electron chi connectivity index (χ2n) is 8.50. The highest BCUT2D eigenvalue weighted by molar-refractivity contribution is 7.13. The Balaban J connectivity index is 1.68. The van der Waals surface area contributed by atoms with Gasteiger partial charge in [-0.05, 0) is 31.5 Å². The first-order valence-electron chi connectivity index (χ1n) is 11.4. The van der Waals surface area contributed by atoms with Gasteiger partial charge in [-0.3, -0.25) is 9.36 Å². The Kier molecular flexibility index (Phi) is 7.45. The van der Waals surface area contributed by atoms with E-state index >= 15 is 0 Å². The molecule has 1 N–H and O–H groups in total. The van der Waals surface area contributed by atoms with E-state index in [-0.39, 0.29) is 17.7 Å². The standard InChI is InChI=1S/C24H31ClN6O2S/c1-6-18-21(27-19-13-31(14-20(19)33-7-2)24-26-10-11-34-24)23(32)30(5)22(28-18)16-9-8-15(29(3)4)12-17(16)25/h8-12,19-20,27H,6-7,13-14H2,1-5H3/t19?,20-/m0/s1. The zero-order chi connectivity index (χ0) is 24.4. The molecule has 10 heteroatoms. The van der Waals surface area contributed by atoms with Crippen molar-refractivity contribution in [2.45, 2.75) is 32.4 Å². The lowest BCUT2D eigenvalue weighted by atomic mass is 10.1. The SMILES string of the molecule is CCO[C@H]1CN(c2nccs2)CC1Nc1c(CC)nc(-c2ccc(N(C)C)cc2Cl)n(C)c1=O. The minimum absolute atomic E-state index is 0.0579. The second-order valence-corrected chi connectivity index (χ2v) is 9.78. The summed E-state index contributed by atoms with van der Waals surface area (Å²) in [5.41, 5.74) is 2.83. The molecule has 3 aromatic rings. The molecule has 0 saturated carbocycles. The monoisotopic (exact) mass is 502 g/mol. The first-order valence-corrected chi connectivity index (χ1v) is 12.7. The number of benzene rings is 1. The highest BCUT2D eigenvalue weighted by Gasteiger charge is 2.35. The van der Waals surface area contributed by atoms with Crippen LogP contribution in [-0.4, -0.2) is 60.5 Å². The Morgan fingerprint density at radius 3 is 2.71 bits per heavy atom. The zero-order valence-corrected chi connectivity index (χ0v) is 21.8. The van der Waals surface area contributed by atoms with E-state index in [1.165, 1.54) is 0 Å². The molecular formula is C24H31ClN6O2S. The maximum Gasteiger partial charge on any atom is 0.277 e. The van der Waals surface area contributed by atoms with Crippen molar-refractivity contribution in [1.82, 2.24) is 14.5 Å². The van der Waals surface area contributed by atoms with Crippen LogP contribution in [0.5, 0.6) is 0 Å². The van der Waals surface area contributed by atoms with Gasteiger partial charge in [-0.25, -0.2) is 9.97 Å². The Hall–Kier alpha value is -2.62. The van der Waals surface area contributed by atoms with Crippen LogP contribution in [0, 0.1) is 0 Å². The summed E-state index contributed by atoms with van der Waals surface area (Å²) in [6, 6.07) is 5.72. The van der Waals surface area contributed by atoms with Crippen molar-refractivity contribution in [2.75, 3.05) is 48.9 Å². The molecule has 0 spiro atoms. The third-order valence-corrected chi connectivity index (χ3v) is 7.22. The van der Waals surface area contributed by atoms with Crippen LogP contribution >= 0.6 is 22.9 Å². The van der Waals surface area contributed by atoms with E-state index < -0.39 is 0 Å². The van der Waals surface area contributed by atoms with Crippen LogP contribution in [0.3, 0.4) is 0 Å². The van der Waals surface area contributed by atoms with Gasteiger partial charge < -0.3 is 19.9 Å². The third-order valence-electron chi connectivity index (χ3n) is 6.08. The first kappa shape index (κ1) is 24.5. The zero-order valence-electron chi connectivity index (χ0n) is 20.2. The van der Waals surface area contributed by atoms with Crippen molar-refractivity contribution in [1.29, 1.82) is 0 Å². The van der Waals surface area contributed by atoms with Crippen LogP contribution < -0.4 is 20.7 Å². The van der Waals surface area contributed by atoms with E-state index in [0.29, 0.717) is 41.8 Å². The molecule has 1 aliphatic rings. The van der Waals surface area contributed by atoms with Gasteiger partial charge in [0.1, 0.15) is 11.5 Å². The van der Waals surface area contributed by atoms with Crippen LogP contribution in [0.2, 0.25) is 5.02 Å². The molecule has 182 valence electrons. The molecule has 1 saturated heterocycles. The molecule has 1 fully saturated rings. The maximum atomic E-state index is 13.5. The fourth-order valence-electron chi connectivity index (χ4n) is 4.26. The quantitative estimate of drug-likeness (QED) is 0.500. The fourth-order valence-corrected chi connectivity index (χ4v) is 5.18. The number of hydrogen-bond donors (Lipinski definition) is 1. The Labute approximate surface area is 209 Å². The second kappa shape index (κ2) is 10.3. The van der Waals surface area contributed by atoms with Crippen LogP contribution in [0.4, 0.5) is 16.5 Å². The summed E-state index contributed by atoms with van der Waals surface area (Å²) >= 11 is 8.20. The predicted octanol–water partition coefficient (Wildman–Crippen LogP) is 3.89. The molecular weight excluding hydrogens is 472 g/mol. The summed E-state index contributed by atoms with van der Waals surface area (Å²) in [6.07, 6.45) is 2.36. The van der Waals surface area contributed by atoms with Crippen molar-refractivity contribution < 1.29 is 4.74 Å². The van der Waals surface area contributed by atoms with E-state index in [9.17, 15) is 4.79 Å². The van der Waals surface area contributed by atoms with Gasteiger partial charge in [-0.2, -0.15) is 0 Å². The largest absolute Gasteiger partial charge is 0.378 e. The number of nitrogens with zero attached hydrogens (tertiary/aromatic N) is 5. The van der Waals surface area contributed by atoms with Crippen molar-refractivity contribution in [3.63, 3.8) is 0 Å². The number of rotatable bonds is 8. The average molecular weight is 503 g/mol. The Morgan fingerprint density at radius 1 is 1.29 bits per heavy atom. The van der Waals surface area contributed by atoms with Crippen LogP contribution in [0.1, 0.15) is 19.5 Å². The molecule has 34 heavy (non-hydrogen) atoms. The van der Waals surface area contributed by atoms with Gasteiger partial charge >= 0.3 is 0 Å². The van der Waals surface area contributed by atoms with Gasteiger partial charge in [0.2, 0.25) is 0 Å². The molecule has 2 atom stereocenters. The molecule has 4 rings (SSSR count). The number of hydrogen-bond acceptors (Lipinski definition) is 8. The number of aromatic nitrogens is 3. The molecule has 2 aromatic heterocycles.